The van der Waals surface area contributed by atoms with E-state index < -0.39 is 52.3 Å². The van der Waals surface area contributed by atoms with Crippen LogP contribution in [0, 0.1) is 41.8 Å². The third-order valence-corrected chi connectivity index (χ3v) is 4.95. The molecule has 1 nitrogen and oxygen atoms in total. The van der Waals surface area contributed by atoms with Gasteiger partial charge < -0.3 is 4.74 Å². The van der Waals surface area contributed by atoms with E-state index in [1.54, 1.807) is 0 Å². The molecule has 4 aromatic carbocycles. The van der Waals surface area contributed by atoms with Gasteiger partial charge in [0, 0.05) is 17.0 Å². The van der Waals surface area contributed by atoms with Crippen LogP contribution in [0.5, 0.6) is 5.75 Å². The van der Waals surface area contributed by atoms with E-state index in [4.69, 9.17) is 0 Å². The van der Waals surface area contributed by atoms with E-state index >= 15 is 0 Å². The molecule has 0 bridgehead atoms. The number of aryl methyl sites for hydroxylation is 1. The van der Waals surface area contributed by atoms with Crippen LogP contribution < -0.4 is 4.74 Å². The fourth-order valence-corrected chi connectivity index (χ4v) is 3.44. The Morgan fingerprint density at radius 1 is 0.667 bits per heavy atom. The molecule has 0 aliphatic carbocycles. The summed E-state index contributed by atoms with van der Waals surface area (Å²) in [6.07, 6.45) is -4.45. The first kappa shape index (κ1) is 22.6. The summed E-state index contributed by atoms with van der Waals surface area (Å²) >= 11 is 0. The summed E-state index contributed by atoms with van der Waals surface area (Å²) in [5, 5.41) is -0.291. The molecule has 0 aromatic heterocycles. The van der Waals surface area contributed by atoms with Crippen LogP contribution in [0.2, 0.25) is 0 Å². The lowest BCUT2D eigenvalue weighted by molar-refractivity contribution is -0.189. The number of halogens is 8. The molecule has 0 saturated carbocycles. The van der Waals surface area contributed by atoms with Gasteiger partial charge in [-0.2, -0.15) is 8.78 Å². The lowest BCUT2D eigenvalue weighted by Crippen LogP contribution is -2.25. The second-order valence-electron chi connectivity index (χ2n) is 7.29. The minimum atomic E-state index is -4.45. The molecule has 0 radical (unpaired) electrons. The predicted octanol–water partition coefficient (Wildman–Crippen LogP) is 7.78. The topological polar surface area (TPSA) is 9.23 Å². The van der Waals surface area contributed by atoms with Crippen molar-refractivity contribution in [2.75, 3.05) is 0 Å². The highest BCUT2D eigenvalue weighted by molar-refractivity contribution is 5.88. The summed E-state index contributed by atoms with van der Waals surface area (Å²) < 4.78 is 117. The molecule has 0 aliphatic rings. The zero-order valence-corrected chi connectivity index (χ0v) is 16.6. The number of rotatable bonds is 4. The summed E-state index contributed by atoms with van der Waals surface area (Å²) in [7, 11) is 0. The van der Waals surface area contributed by atoms with Crippen LogP contribution in [0.15, 0.2) is 54.6 Å². The van der Waals surface area contributed by atoms with Crippen molar-refractivity contribution in [1.82, 2.24) is 0 Å². The van der Waals surface area contributed by atoms with Crippen molar-refractivity contribution in [2.45, 2.75) is 13.0 Å². The van der Waals surface area contributed by atoms with Crippen molar-refractivity contribution in [3.63, 3.8) is 0 Å². The van der Waals surface area contributed by atoms with E-state index in [1.807, 2.05) is 0 Å². The molecule has 0 N–H and O–H groups in total. The van der Waals surface area contributed by atoms with E-state index in [2.05, 4.69) is 4.74 Å². The molecule has 33 heavy (non-hydrogen) atoms. The fourth-order valence-electron chi connectivity index (χ4n) is 3.44. The molecule has 0 amide bonds. The van der Waals surface area contributed by atoms with Gasteiger partial charge in [0.1, 0.15) is 28.8 Å². The molecule has 170 valence electrons. The lowest BCUT2D eigenvalue weighted by atomic mass is 10.00. The van der Waals surface area contributed by atoms with Crippen LogP contribution in [-0.4, -0.2) is 0 Å². The van der Waals surface area contributed by atoms with Crippen LogP contribution in [0.4, 0.5) is 35.1 Å². The zero-order valence-electron chi connectivity index (χ0n) is 16.6. The van der Waals surface area contributed by atoms with Gasteiger partial charge in [-0.3, -0.25) is 0 Å². The van der Waals surface area contributed by atoms with Gasteiger partial charge >= 0.3 is 6.11 Å². The van der Waals surface area contributed by atoms with Crippen LogP contribution in [0.3, 0.4) is 0 Å². The van der Waals surface area contributed by atoms with Crippen LogP contribution >= 0.6 is 0 Å². The van der Waals surface area contributed by atoms with Gasteiger partial charge in [-0.15, -0.1) is 0 Å². The SMILES string of the molecule is Cc1cc(F)c(C(F)(F)Oc2ccc(-c3ccc4c(F)c(F)c(F)cc4c3)c(F)c2)c(F)c1. The molecule has 4 rings (SSSR count). The van der Waals surface area contributed by atoms with E-state index in [0.717, 1.165) is 24.3 Å². The Morgan fingerprint density at radius 2 is 1.33 bits per heavy atom. The Hall–Kier alpha value is -3.62. The fraction of sp³-hybridized carbons (Fsp3) is 0.0833. The Morgan fingerprint density at radius 3 is 1.97 bits per heavy atom. The lowest BCUT2D eigenvalue weighted by Gasteiger charge is -2.20. The van der Waals surface area contributed by atoms with Crippen LogP contribution in [0.1, 0.15) is 11.1 Å². The van der Waals surface area contributed by atoms with Gasteiger partial charge in [0.25, 0.3) is 0 Å². The van der Waals surface area contributed by atoms with Gasteiger partial charge in [-0.25, -0.2) is 26.3 Å². The standard InChI is InChI=1S/C24H12F8O/c1-11-6-18(26)21(19(27)7-11)24(31,32)33-14-3-5-15(17(25)10-14)12-2-4-16-13(8-12)9-20(28)23(30)22(16)29/h2-10H,1H3. The van der Waals surface area contributed by atoms with Gasteiger partial charge in [0.05, 0.1) is 0 Å². The molecular formula is C24H12F8O. The summed E-state index contributed by atoms with van der Waals surface area (Å²) in [4.78, 5) is 0. The number of benzene rings is 4. The van der Waals surface area contributed by atoms with Crippen molar-refractivity contribution < 1.29 is 39.9 Å². The van der Waals surface area contributed by atoms with Crippen molar-refractivity contribution in [3.05, 3.63) is 101 Å². The Kier molecular flexibility index (Phi) is 5.51. The molecule has 0 heterocycles. The average Bonchev–Trinajstić information content (AvgIpc) is 2.70. The number of hydrogen-bond acceptors (Lipinski definition) is 1. The van der Waals surface area contributed by atoms with Crippen LogP contribution in [-0.2, 0) is 6.11 Å². The molecule has 9 heteroatoms. The number of ether oxygens (including phenoxy) is 1. The highest BCUT2D eigenvalue weighted by Gasteiger charge is 2.41. The minimum absolute atomic E-state index is 0.0551. The minimum Gasteiger partial charge on any atom is -0.429 e. The van der Waals surface area contributed by atoms with Gasteiger partial charge in [-0.05, 0) is 59.8 Å². The summed E-state index contributed by atoms with van der Waals surface area (Å²) in [5.74, 6) is -9.32. The smallest absolute Gasteiger partial charge is 0.429 e. The Bertz CT molecular complexity index is 1370. The molecule has 0 atom stereocenters. The maximum absolute atomic E-state index is 14.7. The molecule has 0 spiro atoms. The third-order valence-electron chi connectivity index (χ3n) is 4.95. The number of hydrogen-bond donors (Lipinski definition) is 0. The molecule has 0 fully saturated rings. The van der Waals surface area contributed by atoms with E-state index in [9.17, 15) is 35.1 Å². The second kappa shape index (κ2) is 8.06. The predicted molar refractivity (Wildman–Crippen MR) is 105 cm³/mol. The molecule has 0 unspecified atom stereocenters. The second-order valence-corrected chi connectivity index (χ2v) is 7.29. The maximum atomic E-state index is 14.7. The van der Waals surface area contributed by atoms with Gasteiger partial charge in [0.2, 0.25) is 0 Å². The summed E-state index contributed by atoms with van der Waals surface area (Å²) in [5.41, 5.74) is -1.58. The number of fused-ring (bicyclic) bond motifs is 1. The van der Waals surface area contributed by atoms with Crippen molar-refractivity contribution in [2.24, 2.45) is 0 Å². The summed E-state index contributed by atoms with van der Waals surface area (Å²) in [6.45, 7) is 1.31. The van der Waals surface area contributed by atoms with Crippen molar-refractivity contribution >= 4 is 10.8 Å². The molecule has 0 aliphatic heterocycles. The highest BCUT2D eigenvalue weighted by Crippen LogP contribution is 2.37. The van der Waals surface area contributed by atoms with Crippen molar-refractivity contribution in [1.29, 1.82) is 0 Å². The average molecular weight is 468 g/mol. The highest BCUT2D eigenvalue weighted by atomic mass is 19.3. The third kappa shape index (κ3) is 4.10. The normalized spacial score (nSPS) is 11.8. The van der Waals surface area contributed by atoms with E-state index in [0.29, 0.717) is 18.2 Å². The first-order valence-electron chi connectivity index (χ1n) is 9.38. The van der Waals surface area contributed by atoms with Crippen molar-refractivity contribution in [3.8, 4) is 16.9 Å². The molecular weight excluding hydrogens is 456 g/mol. The van der Waals surface area contributed by atoms with Gasteiger partial charge in [-0.1, -0.05) is 12.1 Å². The molecule has 0 saturated heterocycles. The monoisotopic (exact) mass is 468 g/mol. The largest absolute Gasteiger partial charge is 0.432 e. The Labute approximate surface area is 181 Å². The van der Waals surface area contributed by atoms with E-state index in [-0.39, 0.29) is 27.5 Å². The quantitative estimate of drug-likeness (QED) is 0.220. The summed E-state index contributed by atoms with van der Waals surface area (Å²) in [6, 6.07) is 8.23. The van der Waals surface area contributed by atoms with Gasteiger partial charge in [0.15, 0.2) is 17.5 Å². The van der Waals surface area contributed by atoms with Crippen LogP contribution in [0.25, 0.3) is 21.9 Å². The number of alkyl halides is 2. The Balaban J connectivity index is 1.68. The molecule has 4 aromatic rings. The first-order valence-corrected chi connectivity index (χ1v) is 9.38. The maximum Gasteiger partial charge on any atom is 0.432 e. The van der Waals surface area contributed by atoms with E-state index in [1.165, 1.54) is 19.1 Å². The zero-order chi connectivity index (χ0) is 24.1. The first-order chi connectivity index (χ1) is 15.5.